The van der Waals surface area contributed by atoms with Crippen molar-refractivity contribution in [3.63, 3.8) is 0 Å². The van der Waals surface area contributed by atoms with E-state index in [1.165, 1.54) is 12.8 Å². The molecule has 0 heterocycles. The normalized spacial score (nSPS) is 22.2. The van der Waals surface area contributed by atoms with E-state index in [1.54, 1.807) is 7.11 Å². The Kier molecular flexibility index (Phi) is 3.96. The third-order valence-corrected chi connectivity index (χ3v) is 4.72. The Morgan fingerprint density at radius 1 is 1.00 bits per heavy atom. The third-order valence-electron chi connectivity index (χ3n) is 4.72. The van der Waals surface area contributed by atoms with Gasteiger partial charge < -0.3 is 4.74 Å². The maximum atomic E-state index is 12.6. The second kappa shape index (κ2) is 5.88. The SMILES string of the molecule is COc1ccc2cc(C(=O)C3CCC(C)CC3)ccc2c1. The monoisotopic (exact) mass is 282 g/mol. The predicted molar refractivity (Wildman–Crippen MR) is 86.0 cm³/mol. The number of hydrogen-bond acceptors (Lipinski definition) is 2. The molecule has 0 bridgehead atoms. The summed E-state index contributed by atoms with van der Waals surface area (Å²) in [5.41, 5.74) is 0.854. The summed E-state index contributed by atoms with van der Waals surface area (Å²) in [7, 11) is 1.67. The van der Waals surface area contributed by atoms with Crippen molar-refractivity contribution in [2.45, 2.75) is 32.6 Å². The van der Waals surface area contributed by atoms with Crippen molar-refractivity contribution in [2.75, 3.05) is 7.11 Å². The number of ether oxygens (including phenoxy) is 1. The van der Waals surface area contributed by atoms with Gasteiger partial charge in [0.25, 0.3) is 0 Å². The van der Waals surface area contributed by atoms with Crippen LogP contribution in [0.5, 0.6) is 5.75 Å². The zero-order valence-electron chi connectivity index (χ0n) is 12.8. The van der Waals surface area contributed by atoms with Crippen molar-refractivity contribution in [3.8, 4) is 5.75 Å². The molecule has 3 rings (SSSR count). The Balaban J connectivity index is 1.85. The van der Waals surface area contributed by atoms with Crippen LogP contribution in [0.2, 0.25) is 0 Å². The van der Waals surface area contributed by atoms with Gasteiger partial charge in [-0.1, -0.05) is 38.0 Å². The Hall–Kier alpha value is -1.83. The zero-order chi connectivity index (χ0) is 14.8. The summed E-state index contributed by atoms with van der Waals surface area (Å²) in [6.45, 7) is 2.28. The molecule has 0 radical (unpaired) electrons. The smallest absolute Gasteiger partial charge is 0.165 e. The van der Waals surface area contributed by atoms with E-state index >= 15 is 0 Å². The summed E-state index contributed by atoms with van der Waals surface area (Å²) < 4.78 is 5.24. The molecular weight excluding hydrogens is 260 g/mol. The molecule has 0 spiro atoms. The van der Waals surface area contributed by atoms with E-state index in [1.807, 2.05) is 36.4 Å². The molecule has 0 aliphatic heterocycles. The van der Waals surface area contributed by atoms with Gasteiger partial charge in [-0.25, -0.2) is 0 Å². The highest BCUT2D eigenvalue weighted by molar-refractivity contribution is 6.01. The van der Waals surface area contributed by atoms with Crippen molar-refractivity contribution in [1.82, 2.24) is 0 Å². The zero-order valence-corrected chi connectivity index (χ0v) is 12.8. The number of rotatable bonds is 3. The Labute approximate surface area is 126 Å². The number of benzene rings is 2. The van der Waals surface area contributed by atoms with Crippen LogP contribution in [0.15, 0.2) is 36.4 Å². The lowest BCUT2D eigenvalue weighted by Gasteiger charge is -2.25. The highest BCUT2D eigenvalue weighted by Crippen LogP contribution is 2.31. The molecule has 21 heavy (non-hydrogen) atoms. The molecular formula is C19H22O2. The van der Waals surface area contributed by atoms with Gasteiger partial charge in [-0.3, -0.25) is 4.79 Å². The fourth-order valence-electron chi connectivity index (χ4n) is 3.26. The molecule has 1 fully saturated rings. The molecule has 0 N–H and O–H groups in total. The second-order valence-corrected chi connectivity index (χ2v) is 6.25. The lowest BCUT2D eigenvalue weighted by Crippen LogP contribution is -2.20. The molecule has 0 amide bonds. The van der Waals surface area contributed by atoms with Crippen LogP contribution in [0.4, 0.5) is 0 Å². The van der Waals surface area contributed by atoms with Gasteiger partial charge in [0.05, 0.1) is 7.11 Å². The van der Waals surface area contributed by atoms with Crippen LogP contribution >= 0.6 is 0 Å². The second-order valence-electron chi connectivity index (χ2n) is 6.25. The van der Waals surface area contributed by atoms with E-state index in [0.717, 1.165) is 40.8 Å². The number of hydrogen-bond donors (Lipinski definition) is 0. The van der Waals surface area contributed by atoms with Gasteiger partial charge in [0.2, 0.25) is 0 Å². The number of Topliss-reactive ketones (excluding diaryl/α,β-unsaturated/α-hetero) is 1. The van der Waals surface area contributed by atoms with Crippen molar-refractivity contribution < 1.29 is 9.53 Å². The summed E-state index contributed by atoms with van der Waals surface area (Å²) in [5, 5.41) is 2.22. The number of carbonyl (C=O) groups excluding carboxylic acids is 1. The van der Waals surface area contributed by atoms with Gasteiger partial charge in [0, 0.05) is 11.5 Å². The lowest BCUT2D eigenvalue weighted by molar-refractivity contribution is 0.0876. The molecule has 0 saturated heterocycles. The fourth-order valence-corrected chi connectivity index (χ4v) is 3.26. The van der Waals surface area contributed by atoms with Gasteiger partial charge in [-0.15, -0.1) is 0 Å². The summed E-state index contributed by atoms with van der Waals surface area (Å²) >= 11 is 0. The van der Waals surface area contributed by atoms with E-state index in [9.17, 15) is 4.79 Å². The van der Waals surface area contributed by atoms with E-state index in [4.69, 9.17) is 4.74 Å². The first-order valence-corrected chi connectivity index (χ1v) is 7.79. The first-order chi connectivity index (χ1) is 10.2. The van der Waals surface area contributed by atoms with Gasteiger partial charge in [0.1, 0.15) is 5.75 Å². The maximum Gasteiger partial charge on any atom is 0.165 e. The van der Waals surface area contributed by atoms with E-state index in [-0.39, 0.29) is 5.92 Å². The standard InChI is InChI=1S/C19H22O2/c1-13-3-5-14(6-4-13)19(20)17-8-7-16-12-18(21-2)10-9-15(16)11-17/h7-14H,3-6H2,1-2H3. The minimum atomic E-state index is 0.219. The first-order valence-electron chi connectivity index (χ1n) is 7.79. The van der Waals surface area contributed by atoms with Crippen LogP contribution in [0.3, 0.4) is 0 Å². The minimum Gasteiger partial charge on any atom is -0.497 e. The average Bonchev–Trinajstić information content (AvgIpc) is 2.54. The van der Waals surface area contributed by atoms with Crippen LogP contribution in [-0.2, 0) is 0 Å². The number of carbonyl (C=O) groups is 1. The minimum absolute atomic E-state index is 0.219. The first kappa shape index (κ1) is 14.1. The summed E-state index contributed by atoms with van der Waals surface area (Å²) in [5.74, 6) is 2.16. The molecule has 110 valence electrons. The fraction of sp³-hybridized carbons (Fsp3) is 0.421. The topological polar surface area (TPSA) is 26.3 Å². The summed E-state index contributed by atoms with van der Waals surface area (Å²) in [4.78, 5) is 12.6. The molecule has 1 aliphatic carbocycles. The highest BCUT2D eigenvalue weighted by atomic mass is 16.5. The summed E-state index contributed by atoms with van der Waals surface area (Å²) in [6, 6.07) is 12.0. The number of methoxy groups -OCH3 is 1. The molecule has 2 heteroatoms. The lowest BCUT2D eigenvalue weighted by atomic mass is 9.79. The predicted octanol–water partition coefficient (Wildman–Crippen LogP) is 4.86. The highest BCUT2D eigenvalue weighted by Gasteiger charge is 2.25. The molecule has 2 aromatic rings. The van der Waals surface area contributed by atoms with Crippen molar-refractivity contribution in [1.29, 1.82) is 0 Å². The molecule has 1 aliphatic rings. The van der Waals surface area contributed by atoms with Gasteiger partial charge in [-0.05, 0) is 47.7 Å². The molecule has 2 nitrogen and oxygen atoms in total. The Morgan fingerprint density at radius 3 is 2.38 bits per heavy atom. The maximum absolute atomic E-state index is 12.6. The largest absolute Gasteiger partial charge is 0.497 e. The van der Waals surface area contributed by atoms with Crippen LogP contribution in [0.1, 0.15) is 43.0 Å². The third kappa shape index (κ3) is 2.94. The Bertz CT molecular complexity index is 652. The molecule has 0 unspecified atom stereocenters. The molecule has 2 aromatic carbocycles. The number of ketones is 1. The van der Waals surface area contributed by atoms with Crippen LogP contribution < -0.4 is 4.74 Å². The van der Waals surface area contributed by atoms with Crippen molar-refractivity contribution >= 4 is 16.6 Å². The van der Waals surface area contributed by atoms with Gasteiger partial charge in [-0.2, -0.15) is 0 Å². The van der Waals surface area contributed by atoms with E-state index in [2.05, 4.69) is 6.92 Å². The van der Waals surface area contributed by atoms with Crippen LogP contribution in [0, 0.1) is 11.8 Å². The summed E-state index contributed by atoms with van der Waals surface area (Å²) in [6.07, 6.45) is 4.45. The van der Waals surface area contributed by atoms with Crippen molar-refractivity contribution in [2.24, 2.45) is 11.8 Å². The molecule has 1 saturated carbocycles. The van der Waals surface area contributed by atoms with Gasteiger partial charge >= 0.3 is 0 Å². The van der Waals surface area contributed by atoms with E-state index in [0.29, 0.717) is 5.78 Å². The number of fused-ring (bicyclic) bond motifs is 1. The quantitative estimate of drug-likeness (QED) is 0.752. The average molecular weight is 282 g/mol. The van der Waals surface area contributed by atoms with Gasteiger partial charge in [0.15, 0.2) is 5.78 Å². The van der Waals surface area contributed by atoms with Crippen LogP contribution in [-0.4, -0.2) is 12.9 Å². The molecule has 0 aromatic heterocycles. The van der Waals surface area contributed by atoms with E-state index < -0.39 is 0 Å². The van der Waals surface area contributed by atoms with Crippen LogP contribution in [0.25, 0.3) is 10.8 Å². The van der Waals surface area contributed by atoms with Crippen molar-refractivity contribution in [3.05, 3.63) is 42.0 Å². The molecule has 0 atom stereocenters. The Morgan fingerprint density at radius 2 is 1.67 bits per heavy atom.